The maximum absolute atomic E-state index is 12.1. The molecule has 0 atom stereocenters. The Bertz CT molecular complexity index is 399. The standard InChI is InChI=1S/C12H22N4O2/c1-9(2)15-11(17)12(3,4)16-8-10(7-14-16)18-6-5-13/h7-9H,5-6,13H2,1-4H3,(H,15,17). The van der Waals surface area contributed by atoms with Crippen molar-refractivity contribution in [2.75, 3.05) is 13.2 Å². The van der Waals surface area contributed by atoms with Gasteiger partial charge in [0, 0.05) is 12.6 Å². The van der Waals surface area contributed by atoms with Gasteiger partial charge in [0.25, 0.3) is 0 Å². The molecule has 1 aromatic heterocycles. The van der Waals surface area contributed by atoms with Crippen molar-refractivity contribution in [2.24, 2.45) is 5.73 Å². The minimum Gasteiger partial charge on any atom is -0.489 e. The average molecular weight is 254 g/mol. The van der Waals surface area contributed by atoms with Crippen LogP contribution in [0.5, 0.6) is 5.75 Å². The normalized spacial score (nSPS) is 11.7. The van der Waals surface area contributed by atoms with E-state index in [0.29, 0.717) is 18.9 Å². The van der Waals surface area contributed by atoms with Crippen molar-refractivity contribution in [1.82, 2.24) is 15.1 Å². The molecule has 102 valence electrons. The van der Waals surface area contributed by atoms with Crippen LogP contribution in [0.4, 0.5) is 0 Å². The predicted octanol–water partition coefficient (Wildman–Crippen LogP) is 0.480. The third-order valence-electron chi connectivity index (χ3n) is 2.49. The Hall–Kier alpha value is -1.56. The summed E-state index contributed by atoms with van der Waals surface area (Å²) >= 11 is 0. The smallest absolute Gasteiger partial charge is 0.247 e. The summed E-state index contributed by atoms with van der Waals surface area (Å²) in [4.78, 5) is 12.1. The number of nitrogens with one attached hydrogen (secondary N) is 1. The van der Waals surface area contributed by atoms with E-state index >= 15 is 0 Å². The lowest BCUT2D eigenvalue weighted by Crippen LogP contribution is -2.47. The van der Waals surface area contributed by atoms with Crippen LogP contribution in [-0.4, -0.2) is 34.9 Å². The summed E-state index contributed by atoms with van der Waals surface area (Å²) in [7, 11) is 0. The number of hydrogen-bond donors (Lipinski definition) is 2. The lowest BCUT2D eigenvalue weighted by Gasteiger charge is -2.25. The third kappa shape index (κ3) is 3.46. The molecule has 6 nitrogen and oxygen atoms in total. The fourth-order valence-electron chi connectivity index (χ4n) is 1.41. The van der Waals surface area contributed by atoms with Crippen molar-refractivity contribution in [3.63, 3.8) is 0 Å². The van der Waals surface area contributed by atoms with Crippen LogP contribution in [0.1, 0.15) is 27.7 Å². The molecule has 18 heavy (non-hydrogen) atoms. The molecule has 0 aliphatic rings. The lowest BCUT2D eigenvalue weighted by molar-refractivity contribution is -0.129. The van der Waals surface area contributed by atoms with Gasteiger partial charge >= 0.3 is 0 Å². The minimum absolute atomic E-state index is 0.0778. The van der Waals surface area contributed by atoms with Gasteiger partial charge in [0.1, 0.15) is 12.1 Å². The van der Waals surface area contributed by atoms with Crippen molar-refractivity contribution in [1.29, 1.82) is 0 Å². The number of carbonyl (C=O) groups excluding carboxylic acids is 1. The molecule has 0 aliphatic carbocycles. The van der Waals surface area contributed by atoms with Gasteiger partial charge in [0.2, 0.25) is 5.91 Å². The zero-order valence-electron chi connectivity index (χ0n) is 11.4. The number of carbonyl (C=O) groups is 1. The fourth-order valence-corrected chi connectivity index (χ4v) is 1.41. The second-order valence-electron chi connectivity index (χ2n) is 4.94. The van der Waals surface area contributed by atoms with Crippen molar-refractivity contribution < 1.29 is 9.53 Å². The highest BCUT2D eigenvalue weighted by molar-refractivity contribution is 5.83. The second kappa shape index (κ2) is 5.86. The molecule has 0 aromatic carbocycles. The van der Waals surface area contributed by atoms with Crippen LogP contribution in [0.15, 0.2) is 12.4 Å². The molecule has 0 saturated carbocycles. The lowest BCUT2D eigenvalue weighted by atomic mass is 10.0. The largest absolute Gasteiger partial charge is 0.489 e. The van der Waals surface area contributed by atoms with Gasteiger partial charge in [-0.3, -0.25) is 9.48 Å². The van der Waals surface area contributed by atoms with Gasteiger partial charge < -0.3 is 15.8 Å². The number of aromatic nitrogens is 2. The van der Waals surface area contributed by atoms with E-state index in [1.807, 2.05) is 27.7 Å². The van der Waals surface area contributed by atoms with E-state index in [1.165, 1.54) is 0 Å². The first-order chi connectivity index (χ1) is 8.37. The molecule has 1 heterocycles. The molecule has 0 fully saturated rings. The molecule has 0 bridgehead atoms. The highest BCUT2D eigenvalue weighted by atomic mass is 16.5. The first-order valence-electron chi connectivity index (χ1n) is 6.07. The van der Waals surface area contributed by atoms with Crippen LogP contribution in [0.25, 0.3) is 0 Å². The number of rotatable bonds is 6. The number of ether oxygens (including phenoxy) is 1. The Kier molecular flexibility index (Phi) is 4.72. The van der Waals surface area contributed by atoms with Gasteiger partial charge in [0.15, 0.2) is 5.75 Å². The highest BCUT2D eigenvalue weighted by Gasteiger charge is 2.31. The van der Waals surface area contributed by atoms with E-state index < -0.39 is 5.54 Å². The van der Waals surface area contributed by atoms with Crippen LogP contribution in [0.3, 0.4) is 0 Å². The molecule has 0 aliphatic heterocycles. The first-order valence-corrected chi connectivity index (χ1v) is 6.07. The van der Waals surface area contributed by atoms with E-state index in [-0.39, 0.29) is 11.9 Å². The van der Waals surface area contributed by atoms with Crippen molar-refractivity contribution >= 4 is 5.91 Å². The van der Waals surface area contributed by atoms with Crippen LogP contribution >= 0.6 is 0 Å². The molecule has 0 unspecified atom stereocenters. The minimum atomic E-state index is -0.755. The van der Waals surface area contributed by atoms with E-state index in [2.05, 4.69) is 10.4 Å². The Morgan fingerprint density at radius 2 is 2.28 bits per heavy atom. The Morgan fingerprint density at radius 1 is 1.61 bits per heavy atom. The maximum Gasteiger partial charge on any atom is 0.247 e. The second-order valence-corrected chi connectivity index (χ2v) is 4.94. The van der Waals surface area contributed by atoms with Crippen molar-refractivity contribution in [3.05, 3.63) is 12.4 Å². The summed E-state index contributed by atoms with van der Waals surface area (Å²) in [5.41, 5.74) is 4.60. The molecule has 0 radical (unpaired) electrons. The topological polar surface area (TPSA) is 82.2 Å². The van der Waals surface area contributed by atoms with Gasteiger partial charge in [-0.1, -0.05) is 0 Å². The van der Waals surface area contributed by atoms with E-state index in [0.717, 1.165) is 0 Å². The van der Waals surface area contributed by atoms with Crippen LogP contribution in [-0.2, 0) is 10.3 Å². The first kappa shape index (κ1) is 14.5. The number of hydrogen-bond acceptors (Lipinski definition) is 4. The summed E-state index contributed by atoms with van der Waals surface area (Å²) in [6, 6.07) is 0.0975. The quantitative estimate of drug-likeness (QED) is 0.773. The predicted molar refractivity (Wildman–Crippen MR) is 69.4 cm³/mol. The highest BCUT2D eigenvalue weighted by Crippen LogP contribution is 2.18. The van der Waals surface area contributed by atoms with E-state index in [9.17, 15) is 4.79 Å². The summed E-state index contributed by atoms with van der Waals surface area (Å²) in [6.45, 7) is 8.35. The number of nitrogens with zero attached hydrogens (tertiary/aromatic N) is 2. The SMILES string of the molecule is CC(C)NC(=O)C(C)(C)n1cc(OCCN)cn1. The third-order valence-corrected chi connectivity index (χ3v) is 2.49. The van der Waals surface area contributed by atoms with Gasteiger partial charge in [-0.25, -0.2) is 0 Å². The zero-order chi connectivity index (χ0) is 13.8. The van der Waals surface area contributed by atoms with E-state index in [1.54, 1.807) is 17.1 Å². The van der Waals surface area contributed by atoms with Crippen molar-refractivity contribution in [2.45, 2.75) is 39.3 Å². The molecule has 0 spiro atoms. The van der Waals surface area contributed by atoms with Crippen LogP contribution < -0.4 is 15.8 Å². The summed E-state index contributed by atoms with van der Waals surface area (Å²) in [5, 5.41) is 7.03. The van der Waals surface area contributed by atoms with Crippen molar-refractivity contribution in [3.8, 4) is 5.75 Å². The van der Waals surface area contributed by atoms with Crippen LogP contribution in [0.2, 0.25) is 0 Å². The Balaban J connectivity index is 2.77. The average Bonchev–Trinajstić information content (AvgIpc) is 2.74. The molecular weight excluding hydrogens is 232 g/mol. The molecule has 3 N–H and O–H groups in total. The molecule has 0 saturated heterocycles. The van der Waals surface area contributed by atoms with Gasteiger partial charge in [0.05, 0.1) is 12.4 Å². The molecule has 6 heteroatoms. The van der Waals surface area contributed by atoms with E-state index in [4.69, 9.17) is 10.5 Å². The molecule has 1 rings (SSSR count). The number of nitrogens with two attached hydrogens (primary N) is 1. The summed E-state index contributed by atoms with van der Waals surface area (Å²) in [5.74, 6) is 0.539. The van der Waals surface area contributed by atoms with Gasteiger partial charge in [-0.2, -0.15) is 5.10 Å². The Morgan fingerprint density at radius 3 is 2.83 bits per heavy atom. The summed E-state index contributed by atoms with van der Waals surface area (Å²) in [6.07, 6.45) is 3.29. The molecule has 1 aromatic rings. The summed E-state index contributed by atoms with van der Waals surface area (Å²) < 4.78 is 6.95. The molecule has 1 amide bonds. The Labute approximate surface area is 107 Å². The number of amides is 1. The van der Waals surface area contributed by atoms with Gasteiger partial charge in [-0.15, -0.1) is 0 Å². The maximum atomic E-state index is 12.1. The van der Waals surface area contributed by atoms with Crippen LogP contribution in [0, 0.1) is 0 Å². The molecular formula is C12H22N4O2. The fraction of sp³-hybridized carbons (Fsp3) is 0.667. The monoisotopic (exact) mass is 254 g/mol. The zero-order valence-corrected chi connectivity index (χ0v) is 11.4. The van der Waals surface area contributed by atoms with Gasteiger partial charge in [-0.05, 0) is 27.7 Å².